The van der Waals surface area contributed by atoms with E-state index in [0.717, 1.165) is 29.9 Å². The second kappa shape index (κ2) is 4.50. The van der Waals surface area contributed by atoms with Crippen LogP contribution in [0.2, 0.25) is 0 Å². The molecule has 0 aromatic heterocycles. The lowest BCUT2D eigenvalue weighted by atomic mass is 10.0. The van der Waals surface area contributed by atoms with E-state index in [1.807, 2.05) is 12.1 Å². The number of ether oxygens (including phenoxy) is 1. The third kappa shape index (κ3) is 2.31. The summed E-state index contributed by atoms with van der Waals surface area (Å²) in [6.07, 6.45) is 0. The van der Waals surface area contributed by atoms with Crippen LogP contribution < -0.4 is 10.6 Å². The van der Waals surface area contributed by atoms with Crippen LogP contribution in [0.15, 0.2) is 22.6 Å². The minimum atomic E-state index is -3.47. The number of rotatable bonds is 1. The monoisotopic (exact) mass is 281 g/mol. The predicted molar refractivity (Wildman–Crippen MR) is 72.8 cm³/mol. The van der Waals surface area contributed by atoms with E-state index in [0.29, 0.717) is 13.2 Å². The van der Waals surface area contributed by atoms with Crippen LogP contribution in [0.5, 0.6) is 0 Å². The zero-order valence-corrected chi connectivity index (χ0v) is 11.2. The van der Waals surface area contributed by atoms with E-state index in [1.165, 1.54) is 0 Å². The van der Waals surface area contributed by atoms with Crippen LogP contribution in [0.25, 0.3) is 0 Å². The Balaban J connectivity index is 2.09. The molecule has 0 amide bonds. The van der Waals surface area contributed by atoms with Gasteiger partial charge in [-0.3, -0.25) is 0 Å². The number of anilines is 1. The van der Waals surface area contributed by atoms with E-state index in [-0.39, 0.29) is 11.6 Å². The number of nitrogens with two attached hydrogens (primary N) is 1. The molecule has 2 aliphatic heterocycles. The number of benzene rings is 1. The van der Waals surface area contributed by atoms with E-state index >= 15 is 0 Å². The van der Waals surface area contributed by atoms with Crippen LogP contribution in [0.4, 0.5) is 5.69 Å². The second-order valence-electron chi connectivity index (χ2n) is 4.61. The average Bonchev–Trinajstić information content (AvgIpc) is 2.37. The highest BCUT2D eigenvalue weighted by atomic mass is 32.2. The highest BCUT2D eigenvalue weighted by Gasteiger charge is 2.26. The van der Waals surface area contributed by atoms with E-state index in [1.54, 1.807) is 6.07 Å². The highest BCUT2D eigenvalue weighted by Crippen LogP contribution is 2.29. The molecule has 1 saturated heterocycles. The van der Waals surface area contributed by atoms with Gasteiger partial charge in [-0.1, -0.05) is 12.1 Å². The Morgan fingerprint density at radius 3 is 2.74 bits per heavy atom. The molecule has 0 radical (unpaired) electrons. The minimum Gasteiger partial charge on any atom is -0.382 e. The van der Waals surface area contributed by atoms with Crippen molar-refractivity contribution < 1.29 is 13.2 Å². The highest BCUT2D eigenvalue weighted by molar-refractivity contribution is 7.89. The lowest BCUT2D eigenvalue weighted by Gasteiger charge is -2.31. The first-order chi connectivity index (χ1) is 9.07. The molecule has 0 bridgehead atoms. The fraction of sp³-hybridized carbons (Fsp3) is 0.417. The first kappa shape index (κ1) is 12.4. The van der Waals surface area contributed by atoms with E-state index in [2.05, 4.69) is 9.30 Å². The Morgan fingerprint density at radius 1 is 1.26 bits per heavy atom. The van der Waals surface area contributed by atoms with Crippen molar-refractivity contribution in [1.82, 2.24) is 0 Å². The molecule has 1 fully saturated rings. The summed E-state index contributed by atoms with van der Waals surface area (Å²) in [5.41, 5.74) is 8.25. The predicted octanol–water partition coefficient (Wildman–Crippen LogP) is 0.0719. The molecule has 2 N–H and O–H groups in total. The van der Waals surface area contributed by atoms with Gasteiger partial charge >= 0.3 is 0 Å². The Bertz CT molecular complexity index is 634. The Morgan fingerprint density at radius 2 is 2.00 bits per heavy atom. The van der Waals surface area contributed by atoms with Crippen molar-refractivity contribution >= 4 is 21.5 Å². The minimum absolute atomic E-state index is 0.0821. The lowest BCUT2D eigenvalue weighted by Crippen LogP contribution is -2.38. The third-order valence-corrected chi connectivity index (χ3v) is 4.46. The maximum atomic E-state index is 11.6. The number of hydrogen-bond donors (Lipinski definition) is 1. The summed E-state index contributed by atoms with van der Waals surface area (Å²) in [4.78, 5) is 2.16. The van der Waals surface area contributed by atoms with Crippen molar-refractivity contribution in [1.29, 1.82) is 0 Å². The summed E-state index contributed by atoms with van der Waals surface area (Å²) in [6, 6.07) is 5.60. The van der Waals surface area contributed by atoms with Gasteiger partial charge < -0.3 is 15.4 Å². The van der Waals surface area contributed by atoms with Crippen LogP contribution in [0.1, 0.15) is 11.1 Å². The van der Waals surface area contributed by atoms with Gasteiger partial charge in [-0.15, -0.1) is 4.40 Å². The normalized spacial score (nSPS) is 21.7. The van der Waals surface area contributed by atoms with Gasteiger partial charge in [0, 0.05) is 24.3 Å². The molecule has 102 valence electrons. The Kier molecular flexibility index (Phi) is 2.94. The number of morpholine rings is 1. The third-order valence-electron chi connectivity index (χ3n) is 3.31. The fourth-order valence-electron chi connectivity index (χ4n) is 2.49. The molecule has 1 aromatic rings. The molecule has 6 nitrogen and oxygen atoms in total. The quantitative estimate of drug-likeness (QED) is 0.787. The molecule has 0 unspecified atom stereocenters. The van der Waals surface area contributed by atoms with Crippen molar-refractivity contribution in [2.75, 3.05) is 31.2 Å². The van der Waals surface area contributed by atoms with Crippen LogP contribution in [-0.4, -0.2) is 40.6 Å². The number of amidine groups is 1. The molecular weight excluding hydrogens is 266 g/mol. The van der Waals surface area contributed by atoms with Gasteiger partial charge in [0.15, 0.2) is 0 Å². The zero-order chi connectivity index (χ0) is 13.5. The standard InChI is InChI=1S/C12H15N3O3S/c13-12-11-9(8-19(16,17)14-12)2-1-3-10(11)15-4-6-18-7-5-15/h1-3H,4-8H2,(H2,13,14). The summed E-state index contributed by atoms with van der Waals surface area (Å²) >= 11 is 0. The van der Waals surface area contributed by atoms with Crippen molar-refractivity contribution in [2.45, 2.75) is 5.75 Å². The molecule has 1 aromatic carbocycles. The Hall–Kier alpha value is -1.60. The first-order valence-corrected chi connectivity index (χ1v) is 7.71. The molecule has 7 heteroatoms. The summed E-state index contributed by atoms with van der Waals surface area (Å²) in [5.74, 6) is 0.00430. The molecule has 3 rings (SSSR count). The van der Waals surface area contributed by atoms with Gasteiger partial charge in [-0.2, -0.15) is 0 Å². The van der Waals surface area contributed by atoms with Crippen molar-refractivity contribution in [2.24, 2.45) is 10.1 Å². The van der Waals surface area contributed by atoms with Crippen molar-refractivity contribution in [3.63, 3.8) is 0 Å². The summed E-state index contributed by atoms with van der Waals surface area (Å²) in [5, 5.41) is 0. The molecular formula is C12H15N3O3S. The van der Waals surface area contributed by atoms with Crippen molar-refractivity contribution in [3.8, 4) is 0 Å². The van der Waals surface area contributed by atoms with Crippen LogP contribution in [0.3, 0.4) is 0 Å². The number of hydrogen-bond acceptors (Lipinski definition) is 5. The van der Waals surface area contributed by atoms with E-state index < -0.39 is 10.0 Å². The van der Waals surface area contributed by atoms with Crippen LogP contribution >= 0.6 is 0 Å². The number of sulfonamides is 1. The smallest absolute Gasteiger partial charge is 0.259 e. The fourth-order valence-corrected chi connectivity index (χ4v) is 3.58. The van der Waals surface area contributed by atoms with Gasteiger partial charge in [-0.05, 0) is 11.6 Å². The van der Waals surface area contributed by atoms with Gasteiger partial charge in [0.25, 0.3) is 10.0 Å². The largest absolute Gasteiger partial charge is 0.382 e. The summed E-state index contributed by atoms with van der Waals surface area (Å²) in [7, 11) is -3.47. The molecule has 0 spiro atoms. The molecule has 19 heavy (non-hydrogen) atoms. The molecule has 0 saturated carbocycles. The average molecular weight is 281 g/mol. The van der Waals surface area contributed by atoms with Crippen LogP contribution in [-0.2, 0) is 20.5 Å². The van der Waals surface area contributed by atoms with Gasteiger partial charge in [0.1, 0.15) is 5.84 Å². The number of fused-ring (bicyclic) bond motifs is 1. The van der Waals surface area contributed by atoms with Gasteiger partial charge in [-0.25, -0.2) is 8.42 Å². The number of nitrogens with zero attached hydrogens (tertiary/aromatic N) is 2. The molecule has 0 atom stereocenters. The van der Waals surface area contributed by atoms with Crippen LogP contribution in [0, 0.1) is 0 Å². The second-order valence-corrected chi connectivity index (χ2v) is 6.25. The SMILES string of the molecule is NC1=NS(=O)(=O)Cc2cccc(N3CCOCC3)c21. The summed E-state index contributed by atoms with van der Waals surface area (Å²) < 4.78 is 32.2. The van der Waals surface area contributed by atoms with Gasteiger partial charge in [0.05, 0.1) is 19.0 Å². The maximum absolute atomic E-state index is 11.6. The molecule has 2 aliphatic rings. The maximum Gasteiger partial charge on any atom is 0.259 e. The van der Waals surface area contributed by atoms with E-state index in [4.69, 9.17) is 10.5 Å². The van der Waals surface area contributed by atoms with E-state index in [9.17, 15) is 8.42 Å². The first-order valence-electron chi connectivity index (χ1n) is 6.10. The topological polar surface area (TPSA) is 85.0 Å². The lowest BCUT2D eigenvalue weighted by molar-refractivity contribution is 0.122. The molecule has 2 heterocycles. The summed E-state index contributed by atoms with van der Waals surface area (Å²) in [6.45, 7) is 2.88. The van der Waals surface area contributed by atoms with Gasteiger partial charge in [0.2, 0.25) is 0 Å². The Labute approximate surface area is 111 Å². The zero-order valence-electron chi connectivity index (χ0n) is 10.4. The van der Waals surface area contributed by atoms with Crippen molar-refractivity contribution in [3.05, 3.63) is 29.3 Å². The molecule has 0 aliphatic carbocycles.